The predicted octanol–water partition coefficient (Wildman–Crippen LogP) is 3.79. The third kappa shape index (κ3) is 2.79. The zero-order valence-electron chi connectivity index (χ0n) is 15.5. The standard InChI is InChI=1S/C20H19N3O4S/c1-25-15-8-11-9-17(18(24)13(11)10-16(15)26-2)28-20-22-21-19(14-4-3-7-27-14)23(20)12-5-6-12/h3-4,7-8,10,12,17H,5-6,9H2,1-2H3. The van der Waals surface area contributed by atoms with Crippen LogP contribution in [-0.4, -0.2) is 40.0 Å². The number of fused-ring (bicyclic) bond motifs is 1. The van der Waals surface area contributed by atoms with Gasteiger partial charge in [-0.05, 0) is 49.1 Å². The van der Waals surface area contributed by atoms with E-state index < -0.39 is 0 Å². The maximum atomic E-state index is 13.0. The fourth-order valence-corrected chi connectivity index (χ4v) is 4.79. The molecule has 0 amide bonds. The molecule has 0 saturated heterocycles. The van der Waals surface area contributed by atoms with Crippen molar-refractivity contribution in [2.75, 3.05) is 14.2 Å². The van der Waals surface area contributed by atoms with Gasteiger partial charge in [-0.15, -0.1) is 10.2 Å². The quantitative estimate of drug-likeness (QED) is 0.626. The van der Waals surface area contributed by atoms with E-state index in [1.807, 2.05) is 18.2 Å². The van der Waals surface area contributed by atoms with Crippen LogP contribution in [0.1, 0.15) is 34.8 Å². The van der Waals surface area contributed by atoms with Gasteiger partial charge in [0.25, 0.3) is 0 Å². The molecular weight excluding hydrogens is 378 g/mol. The molecular formula is C20H19N3O4S. The Morgan fingerprint density at radius 1 is 1.18 bits per heavy atom. The third-order valence-electron chi connectivity index (χ3n) is 5.14. The Morgan fingerprint density at radius 3 is 2.64 bits per heavy atom. The fourth-order valence-electron chi connectivity index (χ4n) is 3.60. The van der Waals surface area contributed by atoms with Gasteiger partial charge in [-0.2, -0.15) is 0 Å². The summed E-state index contributed by atoms with van der Waals surface area (Å²) in [4.78, 5) is 13.0. The first kappa shape index (κ1) is 17.4. The van der Waals surface area contributed by atoms with E-state index in [9.17, 15) is 4.79 Å². The highest BCUT2D eigenvalue weighted by molar-refractivity contribution is 8.00. The number of Topliss-reactive ketones (excluding diaryl/α,β-unsaturated/α-hetero) is 1. The molecule has 7 nitrogen and oxygen atoms in total. The van der Waals surface area contributed by atoms with Gasteiger partial charge in [0.2, 0.25) is 5.82 Å². The molecule has 2 aliphatic rings. The van der Waals surface area contributed by atoms with Crippen molar-refractivity contribution in [1.82, 2.24) is 14.8 Å². The Morgan fingerprint density at radius 2 is 1.96 bits per heavy atom. The second kappa shape index (κ2) is 6.70. The lowest BCUT2D eigenvalue weighted by Gasteiger charge is -2.10. The monoisotopic (exact) mass is 397 g/mol. The summed E-state index contributed by atoms with van der Waals surface area (Å²) in [6.45, 7) is 0. The van der Waals surface area contributed by atoms with E-state index in [-0.39, 0.29) is 11.0 Å². The van der Waals surface area contributed by atoms with Crippen LogP contribution in [0.3, 0.4) is 0 Å². The van der Waals surface area contributed by atoms with E-state index in [1.165, 1.54) is 11.8 Å². The largest absolute Gasteiger partial charge is 0.493 e. The number of carbonyl (C=O) groups excluding carboxylic acids is 1. The Balaban J connectivity index is 1.45. The molecule has 2 heterocycles. The maximum absolute atomic E-state index is 13.0. The molecule has 2 aromatic heterocycles. The molecule has 0 radical (unpaired) electrons. The molecule has 0 bridgehead atoms. The Labute approximate surface area is 166 Å². The number of nitrogens with zero attached hydrogens (tertiary/aromatic N) is 3. The summed E-state index contributed by atoms with van der Waals surface area (Å²) in [5, 5.41) is 9.24. The first-order valence-electron chi connectivity index (χ1n) is 9.14. The summed E-state index contributed by atoms with van der Waals surface area (Å²) in [5.74, 6) is 2.72. The number of rotatable bonds is 6. The number of hydrogen-bond acceptors (Lipinski definition) is 7. The molecule has 28 heavy (non-hydrogen) atoms. The molecule has 3 aromatic rings. The number of thioether (sulfide) groups is 1. The van der Waals surface area contributed by atoms with Gasteiger partial charge in [-0.1, -0.05) is 11.8 Å². The van der Waals surface area contributed by atoms with Crippen LogP contribution >= 0.6 is 11.8 Å². The predicted molar refractivity (Wildman–Crippen MR) is 103 cm³/mol. The number of ether oxygens (including phenoxy) is 2. The molecule has 1 saturated carbocycles. The van der Waals surface area contributed by atoms with Gasteiger partial charge in [0.15, 0.2) is 28.2 Å². The van der Waals surface area contributed by atoms with E-state index in [1.54, 1.807) is 26.5 Å². The van der Waals surface area contributed by atoms with Crippen LogP contribution in [0.2, 0.25) is 0 Å². The molecule has 1 fully saturated rings. The number of aromatic nitrogens is 3. The molecule has 1 atom stereocenters. The highest BCUT2D eigenvalue weighted by Gasteiger charge is 2.37. The van der Waals surface area contributed by atoms with Crippen LogP contribution in [0, 0.1) is 0 Å². The van der Waals surface area contributed by atoms with Crippen LogP contribution in [0.5, 0.6) is 11.5 Å². The van der Waals surface area contributed by atoms with Gasteiger partial charge < -0.3 is 13.9 Å². The Kier molecular flexibility index (Phi) is 4.16. The molecule has 5 rings (SSSR count). The fraction of sp³-hybridized carbons (Fsp3) is 0.350. The lowest BCUT2D eigenvalue weighted by atomic mass is 10.1. The molecule has 144 valence electrons. The van der Waals surface area contributed by atoms with Crippen LogP contribution < -0.4 is 9.47 Å². The molecule has 0 spiro atoms. The first-order valence-corrected chi connectivity index (χ1v) is 10.0. The van der Waals surface area contributed by atoms with Crippen molar-refractivity contribution in [2.24, 2.45) is 0 Å². The van der Waals surface area contributed by atoms with Crippen molar-refractivity contribution in [3.05, 3.63) is 41.7 Å². The zero-order valence-corrected chi connectivity index (χ0v) is 16.4. The summed E-state index contributed by atoms with van der Waals surface area (Å²) >= 11 is 1.47. The third-order valence-corrected chi connectivity index (χ3v) is 6.29. The molecule has 1 aromatic carbocycles. The molecule has 1 unspecified atom stereocenters. The van der Waals surface area contributed by atoms with Gasteiger partial charge in [0, 0.05) is 11.6 Å². The second-order valence-corrected chi connectivity index (χ2v) is 8.09. The van der Waals surface area contributed by atoms with Crippen molar-refractivity contribution < 1.29 is 18.7 Å². The lowest BCUT2D eigenvalue weighted by molar-refractivity contribution is 0.1000. The van der Waals surface area contributed by atoms with E-state index in [2.05, 4.69) is 14.8 Å². The van der Waals surface area contributed by atoms with Gasteiger partial charge >= 0.3 is 0 Å². The van der Waals surface area contributed by atoms with Gasteiger partial charge in [0.05, 0.1) is 25.7 Å². The lowest BCUT2D eigenvalue weighted by Crippen LogP contribution is -2.13. The maximum Gasteiger partial charge on any atom is 0.200 e. The van der Waals surface area contributed by atoms with E-state index in [4.69, 9.17) is 13.9 Å². The first-order chi connectivity index (χ1) is 13.7. The number of carbonyl (C=O) groups is 1. The minimum absolute atomic E-state index is 0.0887. The van der Waals surface area contributed by atoms with Gasteiger partial charge in [-0.25, -0.2) is 0 Å². The topological polar surface area (TPSA) is 79.4 Å². The number of benzene rings is 1. The van der Waals surface area contributed by atoms with Crippen molar-refractivity contribution >= 4 is 17.5 Å². The van der Waals surface area contributed by atoms with Crippen molar-refractivity contribution in [3.63, 3.8) is 0 Å². The number of methoxy groups -OCH3 is 2. The molecule has 8 heteroatoms. The smallest absolute Gasteiger partial charge is 0.200 e. The number of ketones is 1. The Hall–Kier alpha value is -2.74. The number of hydrogen-bond donors (Lipinski definition) is 0. The van der Waals surface area contributed by atoms with Crippen LogP contribution in [0.4, 0.5) is 0 Å². The summed E-state index contributed by atoms with van der Waals surface area (Å²) in [6, 6.07) is 7.76. The van der Waals surface area contributed by atoms with E-state index in [0.717, 1.165) is 29.4 Å². The highest BCUT2D eigenvalue weighted by Crippen LogP contribution is 2.44. The normalized spacial score (nSPS) is 18.4. The second-order valence-electron chi connectivity index (χ2n) is 6.92. The molecule has 0 aliphatic heterocycles. The van der Waals surface area contributed by atoms with E-state index >= 15 is 0 Å². The van der Waals surface area contributed by atoms with Crippen LogP contribution in [0.25, 0.3) is 11.6 Å². The zero-order chi connectivity index (χ0) is 19.3. The van der Waals surface area contributed by atoms with E-state index in [0.29, 0.717) is 35.3 Å². The average Bonchev–Trinajstić information content (AvgIpc) is 3.12. The van der Waals surface area contributed by atoms with Crippen LogP contribution in [-0.2, 0) is 6.42 Å². The van der Waals surface area contributed by atoms with Crippen LogP contribution in [0.15, 0.2) is 40.1 Å². The van der Waals surface area contributed by atoms with Gasteiger partial charge in [-0.3, -0.25) is 9.36 Å². The molecule has 2 aliphatic carbocycles. The molecule has 0 N–H and O–H groups in total. The summed E-state index contributed by atoms with van der Waals surface area (Å²) < 4.78 is 18.3. The van der Waals surface area contributed by atoms with Crippen molar-refractivity contribution in [3.8, 4) is 23.1 Å². The average molecular weight is 397 g/mol. The van der Waals surface area contributed by atoms with Crippen molar-refractivity contribution in [2.45, 2.75) is 35.7 Å². The minimum atomic E-state index is -0.238. The van der Waals surface area contributed by atoms with Gasteiger partial charge in [0.1, 0.15) is 0 Å². The number of furan rings is 1. The highest BCUT2D eigenvalue weighted by atomic mass is 32.2. The Bertz CT molecular complexity index is 1040. The van der Waals surface area contributed by atoms with Crippen molar-refractivity contribution in [1.29, 1.82) is 0 Å². The SMILES string of the molecule is COc1cc2c(cc1OC)C(=O)C(Sc1nnc(-c3ccco3)n1C1CC1)C2. The summed E-state index contributed by atoms with van der Waals surface area (Å²) in [6.07, 6.45) is 4.44. The summed E-state index contributed by atoms with van der Waals surface area (Å²) in [5.41, 5.74) is 1.67. The minimum Gasteiger partial charge on any atom is -0.493 e. The summed E-state index contributed by atoms with van der Waals surface area (Å²) in [7, 11) is 3.17.